The minimum absolute atomic E-state index is 0.0657. The van der Waals surface area contributed by atoms with Gasteiger partial charge in [-0.3, -0.25) is 4.79 Å². The third-order valence-corrected chi connectivity index (χ3v) is 6.10. The first-order valence-corrected chi connectivity index (χ1v) is 9.66. The lowest BCUT2D eigenvalue weighted by molar-refractivity contribution is 0.0768. The van der Waals surface area contributed by atoms with Gasteiger partial charge < -0.3 is 4.90 Å². The Morgan fingerprint density at radius 2 is 1.77 bits per heavy atom. The van der Waals surface area contributed by atoms with Gasteiger partial charge in [-0.2, -0.15) is 0 Å². The summed E-state index contributed by atoms with van der Waals surface area (Å²) in [7, 11) is -2.99. The summed E-state index contributed by atoms with van der Waals surface area (Å²) in [5, 5.41) is 0. The molecule has 1 fully saturated rings. The van der Waals surface area contributed by atoms with Crippen LogP contribution in [0, 0.1) is 0 Å². The lowest BCUT2D eigenvalue weighted by Crippen LogP contribution is -2.33. The molecule has 1 saturated heterocycles. The summed E-state index contributed by atoms with van der Waals surface area (Å²) >= 11 is 0. The normalized spacial score (nSPS) is 21.3. The van der Waals surface area contributed by atoms with Crippen molar-refractivity contribution in [2.24, 2.45) is 0 Å². The number of nitrogens with zero attached hydrogens (tertiary/aromatic N) is 1. The van der Waals surface area contributed by atoms with Crippen LogP contribution in [0.25, 0.3) is 5.57 Å². The Morgan fingerprint density at radius 1 is 1.00 bits per heavy atom. The van der Waals surface area contributed by atoms with E-state index in [-0.39, 0.29) is 17.4 Å². The standard InChI is InChI=1S/C17H21NO3S/c19-17(18-10-3-12-22(20,21)13-11-18)16-8-6-15(7-9-16)14-4-1-2-5-14/h4,6-9H,1-3,5,10-13H2. The van der Waals surface area contributed by atoms with Crippen LogP contribution in [0.1, 0.15) is 41.6 Å². The second-order valence-corrected chi connectivity index (χ2v) is 8.30. The van der Waals surface area contributed by atoms with Crippen molar-refractivity contribution in [1.29, 1.82) is 0 Å². The third kappa shape index (κ3) is 3.40. The Labute approximate surface area is 131 Å². The maximum Gasteiger partial charge on any atom is 0.253 e. The van der Waals surface area contributed by atoms with Gasteiger partial charge in [0.2, 0.25) is 0 Å². The Morgan fingerprint density at radius 3 is 2.45 bits per heavy atom. The Balaban J connectivity index is 1.72. The number of hydrogen-bond acceptors (Lipinski definition) is 3. The quantitative estimate of drug-likeness (QED) is 0.841. The Hall–Kier alpha value is -1.62. The molecule has 0 aromatic heterocycles. The highest BCUT2D eigenvalue weighted by atomic mass is 32.2. The molecule has 1 aliphatic heterocycles. The first kappa shape index (κ1) is 15.3. The molecule has 1 aliphatic carbocycles. The number of benzene rings is 1. The van der Waals surface area contributed by atoms with E-state index in [1.54, 1.807) is 4.90 Å². The zero-order valence-electron chi connectivity index (χ0n) is 12.6. The molecule has 0 radical (unpaired) electrons. The second kappa shape index (κ2) is 6.24. The van der Waals surface area contributed by atoms with Crippen LogP contribution >= 0.6 is 0 Å². The minimum Gasteiger partial charge on any atom is -0.338 e. The zero-order chi connectivity index (χ0) is 15.6. The molecule has 0 spiro atoms. The molecule has 0 atom stereocenters. The number of sulfone groups is 1. The maximum absolute atomic E-state index is 12.5. The molecule has 3 rings (SSSR count). The summed E-state index contributed by atoms with van der Waals surface area (Å²) < 4.78 is 23.2. The SMILES string of the molecule is O=C(c1ccc(C2=CCCC2)cc1)N1CCCS(=O)(=O)CC1. The second-order valence-electron chi connectivity index (χ2n) is 6.00. The fourth-order valence-corrected chi connectivity index (χ4v) is 4.36. The van der Waals surface area contributed by atoms with E-state index in [0.29, 0.717) is 25.1 Å². The highest BCUT2D eigenvalue weighted by Crippen LogP contribution is 2.27. The van der Waals surface area contributed by atoms with Crippen LogP contribution in [0.2, 0.25) is 0 Å². The van der Waals surface area contributed by atoms with Crippen molar-refractivity contribution in [2.45, 2.75) is 25.7 Å². The van der Waals surface area contributed by atoms with Gasteiger partial charge in [0.1, 0.15) is 0 Å². The third-order valence-electron chi connectivity index (χ3n) is 4.39. The van der Waals surface area contributed by atoms with Crippen molar-refractivity contribution in [1.82, 2.24) is 4.90 Å². The molecule has 0 saturated carbocycles. The largest absolute Gasteiger partial charge is 0.338 e. The number of hydrogen-bond donors (Lipinski definition) is 0. The fourth-order valence-electron chi connectivity index (χ4n) is 3.08. The molecule has 118 valence electrons. The van der Waals surface area contributed by atoms with E-state index in [1.807, 2.05) is 24.3 Å². The number of carbonyl (C=O) groups is 1. The van der Waals surface area contributed by atoms with E-state index >= 15 is 0 Å². The van der Waals surface area contributed by atoms with E-state index in [2.05, 4.69) is 6.08 Å². The van der Waals surface area contributed by atoms with Crippen molar-refractivity contribution in [3.8, 4) is 0 Å². The van der Waals surface area contributed by atoms with Crippen LogP contribution in [0.15, 0.2) is 30.3 Å². The molecular formula is C17H21NO3S. The summed E-state index contributed by atoms with van der Waals surface area (Å²) in [6.07, 6.45) is 6.24. The van der Waals surface area contributed by atoms with Gasteiger partial charge in [-0.15, -0.1) is 0 Å². The average molecular weight is 319 g/mol. The van der Waals surface area contributed by atoms with Gasteiger partial charge in [-0.25, -0.2) is 8.42 Å². The van der Waals surface area contributed by atoms with Gasteiger partial charge in [-0.1, -0.05) is 18.2 Å². The van der Waals surface area contributed by atoms with Crippen LogP contribution in [0.5, 0.6) is 0 Å². The number of carbonyl (C=O) groups excluding carboxylic acids is 1. The van der Waals surface area contributed by atoms with Gasteiger partial charge >= 0.3 is 0 Å². The molecular weight excluding hydrogens is 298 g/mol. The van der Waals surface area contributed by atoms with Crippen molar-refractivity contribution in [2.75, 3.05) is 24.6 Å². The highest BCUT2D eigenvalue weighted by molar-refractivity contribution is 7.91. The van der Waals surface area contributed by atoms with Gasteiger partial charge in [0, 0.05) is 18.7 Å². The van der Waals surface area contributed by atoms with E-state index in [1.165, 1.54) is 17.6 Å². The van der Waals surface area contributed by atoms with Crippen LogP contribution in [0.3, 0.4) is 0 Å². The molecule has 0 N–H and O–H groups in total. The molecule has 5 heteroatoms. The smallest absolute Gasteiger partial charge is 0.253 e. The van der Waals surface area contributed by atoms with Crippen molar-refractivity contribution < 1.29 is 13.2 Å². The van der Waals surface area contributed by atoms with Crippen molar-refractivity contribution in [3.63, 3.8) is 0 Å². The lowest BCUT2D eigenvalue weighted by Gasteiger charge is -2.19. The summed E-state index contributed by atoms with van der Waals surface area (Å²) in [4.78, 5) is 14.2. The van der Waals surface area contributed by atoms with E-state index in [9.17, 15) is 13.2 Å². The Kier molecular flexibility index (Phi) is 4.34. The topological polar surface area (TPSA) is 54.5 Å². The maximum atomic E-state index is 12.5. The molecule has 1 aromatic rings. The van der Waals surface area contributed by atoms with E-state index in [4.69, 9.17) is 0 Å². The Bertz CT molecular complexity index is 689. The van der Waals surface area contributed by atoms with E-state index in [0.717, 1.165) is 12.8 Å². The van der Waals surface area contributed by atoms with Gasteiger partial charge in [-0.05, 0) is 49.0 Å². The summed E-state index contributed by atoms with van der Waals surface area (Å²) in [6, 6.07) is 7.71. The monoisotopic (exact) mass is 319 g/mol. The highest BCUT2D eigenvalue weighted by Gasteiger charge is 2.23. The number of allylic oxidation sites excluding steroid dienone is 2. The number of amides is 1. The van der Waals surface area contributed by atoms with Crippen LogP contribution < -0.4 is 0 Å². The van der Waals surface area contributed by atoms with Gasteiger partial charge in [0.05, 0.1) is 11.5 Å². The number of rotatable bonds is 2. The first-order valence-electron chi connectivity index (χ1n) is 7.84. The van der Waals surface area contributed by atoms with Crippen LogP contribution in [-0.4, -0.2) is 43.8 Å². The predicted octanol–water partition coefficient (Wildman–Crippen LogP) is 2.51. The predicted molar refractivity (Wildman–Crippen MR) is 87.4 cm³/mol. The molecule has 0 bridgehead atoms. The summed E-state index contributed by atoms with van der Waals surface area (Å²) in [5.74, 6) is 0.192. The fraction of sp³-hybridized carbons (Fsp3) is 0.471. The van der Waals surface area contributed by atoms with Crippen molar-refractivity contribution in [3.05, 3.63) is 41.5 Å². The molecule has 1 amide bonds. The molecule has 4 nitrogen and oxygen atoms in total. The summed E-state index contributed by atoms with van der Waals surface area (Å²) in [5.41, 5.74) is 3.19. The summed E-state index contributed by atoms with van der Waals surface area (Å²) in [6.45, 7) is 0.818. The van der Waals surface area contributed by atoms with Crippen molar-refractivity contribution >= 4 is 21.3 Å². The van der Waals surface area contributed by atoms with Gasteiger partial charge in [0.25, 0.3) is 5.91 Å². The lowest BCUT2D eigenvalue weighted by atomic mass is 10.0. The molecule has 1 aromatic carbocycles. The average Bonchev–Trinajstić information content (AvgIpc) is 2.98. The molecule has 2 aliphatic rings. The first-order chi connectivity index (χ1) is 10.6. The van der Waals surface area contributed by atoms with Gasteiger partial charge in [0.15, 0.2) is 9.84 Å². The zero-order valence-corrected chi connectivity index (χ0v) is 13.4. The molecule has 0 unspecified atom stereocenters. The molecule has 22 heavy (non-hydrogen) atoms. The van der Waals surface area contributed by atoms with Crippen LogP contribution in [-0.2, 0) is 9.84 Å². The minimum atomic E-state index is -2.99. The molecule has 1 heterocycles. The van der Waals surface area contributed by atoms with Crippen LogP contribution in [0.4, 0.5) is 0 Å². The van der Waals surface area contributed by atoms with E-state index < -0.39 is 9.84 Å².